The smallest absolute Gasteiger partial charge is 0.413 e. The zero-order valence-electron chi connectivity index (χ0n) is 21.9. The van der Waals surface area contributed by atoms with E-state index in [-0.39, 0.29) is 40.9 Å². The first-order chi connectivity index (χ1) is 18.3. The summed E-state index contributed by atoms with van der Waals surface area (Å²) in [5.41, 5.74) is -0.914. The van der Waals surface area contributed by atoms with Gasteiger partial charge in [-0.25, -0.2) is 14.5 Å². The zero-order valence-corrected chi connectivity index (χ0v) is 22.7. The number of nitrogens with zero attached hydrogens (tertiary/aromatic N) is 4. The lowest BCUT2D eigenvalue weighted by atomic mass is 10.1. The molecule has 13 heteroatoms. The number of anilines is 3. The number of carbonyl (C=O) groups is 3. The highest BCUT2D eigenvalue weighted by Crippen LogP contribution is 2.26. The summed E-state index contributed by atoms with van der Waals surface area (Å²) in [6, 6.07) is 9.40. The normalized spacial score (nSPS) is 11.1. The van der Waals surface area contributed by atoms with Crippen molar-refractivity contribution in [3.8, 4) is 6.07 Å². The molecule has 1 aromatic carbocycles. The standard InChI is InChI=1S/C26H27ClFN7O4/c1-14(2)35-23(33-25(38)39-26(3,4)5)18(12-29)21(34-35)24(37)32-19-11-17(13-30-22(19)28)31-20(36)10-15-6-8-16(27)9-7-15/h6-9,11,13-14H,10H2,1-5H3,(H,31,36)(H,32,37)(H,33,38). The second-order valence-corrected chi connectivity index (χ2v) is 10.2. The van der Waals surface area contributed by atoms with Gasteiger partial charge in [0.15, 0.2) is 11.5 Å². The van der Waals surface area contributed by atoms with E-state index >= 15 is 0 Å². The van der Waals surface area contributed by atoms with Crippen molar-refractivity contribution in [2.24, 2.45) is 0 Å². The summed E-state index contributed by atoms with van der Waals surface area (Å²) in [5.74, 6) is -2.39. The van der Waals surface area contributed by atoms with E-state index in [1.807, 2.05) is 6.07 Å². The van der Waals surface area contributed by atoms with Crippen LogP contribution in [-0.4, -0.2) is 38.3 Å². The molecule has 0 aliphatic rings. The van der Waals surface area contributed by atoms with E-state index < -0.39 is 29.5 Å². The van der Waals surface area contributed by atoms with Crippen LogP contribution in [0.25, 0.3) is 0 Å². The Morgan fingerprint density at radius 1 is 1.15 bits per heavy atom. The van der Waals surface area contributed by atoms with Gasteiger partial charge in [-0.3, -0.25) is 14.9 Å². The molecule has 0 atom stereocenters. The van der Waals surface area contributed by atoms with Gasteiger partial charge < -0.3 is 15.4 Å². The second kappa shape index (κ2) is 11.9. The van der Waals surface area contributed by atoms with Crippen LogP contribution in [0.1, 0.15) is 62.3 Å². The van der Waals surface area contributed by atoms with Gasteiger partial charge in [0.05, 0.1) is 24.0 Å². The van der Waals surface area contributed by atoms with Crippen molar-refractivity contribution >= 4 is 46.7 Å². The third-order valence-electron chi connectivity index (χ3n) is 4.99. The van der Waals surface area contributed by atoms with Crippen LogP contribution in [0.5, 0.6) is 0 Å². The van der Waals surface area contributed by atoms with Crippen molar-refractivity contribution in [3.05, 3.63) is 64.3 Å². The Morgan fingerprint density at radius 3 is 2.41 bits per heavy atom. The van der Waals surface area contributed by atoms with Gasteiger partial charge in [0.1, 0.15) is 17.2 Å². The molecule has 39 heavy (non-hydrogen) atoms. The number of halogens is 2. The fourth-order valence-corrected chi connectivity index (χ4v) is 3.50. The number of rotatable bonds is 7. The zero-order chi connectivity index (χ0) is 28.9. The van der Waals surface area contributed by atoms with Gasteiger partial charge in [-0.05, 0) is 58.4 Å². The van der Waals surface area contributed by atoms with E-state index in [1.54, 1.807) is 58.9 Å². The van der Waals surface area contributed by atoms with Crippen LogP contribution >= 0.6 is 11.6 Å². The molecular formula is C26H27ClFN7O4. The Labute approximate surface area is 229 Å². The Balaban J connectivity index is 1.82. The van der Waals surface area contributed by atoms with Crippen LogP contribution in [0.4, 0.5) is 26.4 Å². The predicted octanol–water partition coefficient (Wildman–Crippen LogP) is 5.30. The van der Waals surface area contributed by atoms with Gasteiger partial charge in [0, 0.05) is 11.1 Å². The fourth-order valence-electron chi connectivity index (χ4n) is 3.37. The molecular weight excluding hydrogens is 529 g/mol. The topological polar surface area (TPSA) is 151 Å². The van der Waals surface area contributed by atoms with Gasteiger partial charge in [-0.15, -0.1) is 0 Å². The molecule has 3 amide bonds. The predicted molar refractivity (Wildman–Crippen MR) is 143 cm³/mol. The van der Waals surface area contributed by atoms with Gasteiger partial charge in [0.2, 0.25) is 11.9 Å². The summed E-state index contributed by atoms with van der Waals surface area (Å²) < 4.78 is 21.0. The Kier molecular flexibility index (Phi) is 8.88. The average Bonchev–Trinajstić information content (AvgIpc) is 3.20. The van der Waals surface area contributed by atoms with Crippen molar-refractivity contribution < 1.29 is 23.5 Å². The van der Waals surface area contributed by atoms with Gasteiger partial charge in [-0.2, -0.15) is 14.8 Å². The van der Waals surface area contributed by atoms with Crippen LogP contribution in [0.15, 0.2) is 36.5 Å². The highest BCUT2D eigenvalue weighted by Gasteiger charge is 2.28. The highest BCUT2D eigenvalue weighted by molar-refractivity contribution is 6.30. The summed E-state index contributed by atoms with van der Waals surface area (Å²) in [5, 5.41) is 21.9. The molecule has 0 fully saturated rings. The molecule has 0 aliphatic heterocycles. The van der Waals surface area contributed by atoms with Crippen molar-refractivity contribution in [1.82, 2.24) is 14.8 Å². The monoisotopic (exact) mass is 555 g/mol. The van der Waals surface area contributed by atoms with Crippen LogP contribution < -0.4 is 16.0 Å². The third-order valence-corrected chi connectivity index (χ3v) is 5.25. The molecule has 0 radical (unpaired) electrons. The lowest BCUT2D eigenvalue weighted by molar-refractivity contribution is -0.115. The molecule has 0 saturated carbocycles. The summed E-state index contributed by atoms with van der Waals surface area (Å²) in [7, 11) is 0. The van der Waals surface area contributed by atoms with Crippen molar-refractivity contribution in [3.63, 3.8) is 0 Å². The Morgan fingerprint density at radius 2 is 1.82 bits per heavy atom. The second-order valence-electron chi connectivity index (χ2n) is 9.72. The van der Waals surface area contributed by atoms with E-state index in [2.05, 4.69) is 26.0 Å². The summed E-state index contributed by atoms with van der Waals surface area (Å²) in [6.45, 7) is 8.49. The highest BCUT2D eigenvalue weighted by atomic mass is 35.5. The first kappa shape index (κ1) is 29.1. The van der Waals surface area contributed by atoms with Gasteiger partial charge in [-0.1, -0.05) is 23.7 Å². The van der Waals surface area contributed by atoms with Crippen molar-refractivity contribution in [2.75, 3.05) is 16.0 Å². The molecule has 11 nitrogen and oxygen atoms in total. The van der Waals surface area contributed by atoms with Crippen LogP contribution in [-0.2, 0) is 16.0 Å². The molecule has 0 spiro atoms. The fraction of sp³-hybridized carbons (Fsp3) is 0.308. The maximum Gasteiger partial charge on any atom is 0.413 e. The molecule has 204 valence electrons. The molecule has 2 heterocycles. The van der Waals surface area contributed by atoms with E-state index in [4.69, 9.17) is 16.3 Å². The molecule has 3 rings (SSSR count). The Bertz CT molecular complexity index is 1440. The van der Waals surface area contributed by atoms with Gasteiger partial charge in [0.25, 0.3) is 5.91 Å². The first-order valence-corrected chi connectivity index (χ1v) is 12.2. The number of pyridine rings is 1. The lowest BCUT2D eigenvalue weighted by Gasteiger charge is -2.20. The van der Waals surface area contributed by atoms with Crippen LogP contribution in [0, 0.1) is 17.3 Å². The number of benzene rings is 1. The molecule has 0 bridgehead atoms. The molecule has 3 N–H and O–H groups in total. The third kappa shape index (κ3) is 7.75. The molecule has 3 aromatic rings. The summed E-state index contributed by atoms with van der Waals surface area (Å²) >= 11 is 5.86. The van der Waals surface area contributed by atoms with Crippen molar-refractivity contribution in [2.45, 2.75) is 52.7 Å². The van der Waals surface area contributed by atoms with E-state index in [9.17, 15) is 24.0 Å². The van der Waals surface area contributed by atoms with E-state index in [0.717, 1.165) is 6.20 Å². The van der Waals surface area contributed by atoms with E-state index in [1.165, 1.54) is 10.7 Å². The van der Waals surface area contributed by atoms with Gasteiger partial charge >= 0.3 is 6.09 Å². The minimum atomic E-state index is -1.02. The molecule has 0 saturated heterocycles. The maximum atomic E-state index is 14.5. The maximum absolute atomic E-state index is 14.5. The van der Waals surface area contributed by atoms with E-state index in [0.29, 0.717) is 10.6 Å². The average molecular weight is 556 g/mol. The molecule has 0 unspecified atom stereocenters. The minimum Gasteiger partial charge on any atom is -0.444 e. The molecule has 2 aromatic heterocycles. The number of hydrogen-bond donors (Lipinski definition) is 3. The van der Waals surface area contributed by atoms with Crippen molar-refractivity contribution in [1.29, 1.82) is 5.26 Å². The number of amides is 3. The number of ether oxygens (including phenoxy) is 1. The largest absolute Gasteiger partial charge is 0.444 e. The number of hydrogen-bond acceptors (Lipinski definition) is 7. The lowest BCUT2D eigenvalue weighted by Crippen LogP contribution is -2.28. The van der Waals surface area contributed by atoms with Crippen LogP contribution in [0.2, 0.25) is 5.02 Å². The summed E-state index contributed by atoms with van der Waals surface area (Å²) in [4.78, 5) is 41.4. The quantitative estimate of drug-likeness (QED) is 0.334. The number of nitriles is 1. The first-order valence-electron chi connectivity index (χ1n) is 11.8. The number of aromatic nitrogens is 3. The molecule has 0 aliphatic carbocycles. The minimum absolute atomic E-state index is 0.0296. The number of carbonyl (C=O) groups excluding carboxylic acids is 3. The number of nitrogens with one attached hydrogen (secondary N) is 3. The summed E-state index contributed by atoms with van der Waals surface area (Å²) in [6.07, 6.45) is 0.286. The van der Waals surface area contributed by atoms with Crippen LogP contribution in [0.3, 0.4) is 0 Å². The SMILES string of the molecule is CC(C)n1nc(C(=O)Nc2cc(NC(=O)Cc3ccc(Cl)cc3)cnc2F)c(C#N)c1NC(=O)OC(C)(C)C. The Hall–Kier alpha value is -4.50.